The standard InChI is InChI=1S/C6H12N2O.2C5H10N2O.C4H8N2O.CH4O.Na.H/c1-7-3-4-8(2)6(9)5-7;1-7-3-2-6-5(8)4-7;1-7-3-2-6-4-5(7)8;7-4-3-5-1-2-6-4;1-2;;/h3-5H2,1-2H3;2-4H2,1H3,(H,6,8);6H,2-4H2,1H3;5H,1-3H2,(H,6,7);2H,1H3;;/q;;;;;+1;-1. The Hall–Kier alpha value is -1.32. The minimum absolute atomic E-state index is 0. The van der Waals surface area contributed by atoms with Crippen molar-refractivity contribution in [3.8, 4) is 0 Å². The first-order chi connectivity index (χ1) is 16.2. The van der Waals surface area contributed by atoms with Gasteiger partial charge in [-0.1, -0.05) is 0 Å². The summed E-state index contributed by atoms with van der Waals surface area (Å²) in [7, 11) is 8.57. The Morgan fingerprint density at radius 3 is 1.54 bits per heavy atom. The molecule has 4 fully saturated rings. The molecule has 4 aliphatic rings. The third-order valence-corrected chi connectivity index (χ3v) is 5.11. The van der Waals surface area contributed by atoms with Gasteiger partial charge in [0.1, 0.15) is 0 Å². The Morgan fingerprint density at radius 1 is 0.629 bits per heavy atom. The Balaban J connectivity index is -0.000000388. The van der Waals surface area contributed by atoms with Crippen LogP contribution in [0.15, 0.2) is 0 Å². The predicted molar refractivity (Wildman–Crippen MR) is 131 cm³/mol. The molecule has 0 aromatic rings. The second-order valence-corrected chi connectivity index (χ2v) is 8.16. The molecule has 0 atom stereocenters. The summed E-state index contributed by atoms with van der Waals surface area (Å²) in [6, 6.07) is 0. The molecule has 0 unspecified atom stereocenters. The Kier molecular flexibility index (Phi) is 22.4. The van der Waals surface area contributed by atoms with Crippen LogP contribution in [0.5, 0.6) is 0 Å². The van der Waals surface area contributed by atoms with Crippen LogP contribution in [0.2, 0.25) is 0 Å². The Bertz CT molecular complexity index is 627. The normalized spacial score (nSPS) is 20.5. The summed E-state index contributed by atoms with van der Waals surface area (Å²) in [6.45, 7) is 9.25. The van der Waals surface area contributed by atoms with E-state index < -0.39 is 0 Å². The molecule has 0 spiro atoms. The zero-order chi connectivity index (χ0) is 25.9. The zero-order valence-electron chi connectivity index (χ0n) is 23.4. The Labute approximate surface area is 233 Å². The zero-order valence-corrected chi connectivity index (χ0v) is 24.4. The monoisotopic (exact) mass is 512 g/mol. The van der Waals surface area contributed by atoms with Gasteiger partial charge in [0, 0.05) is 73.6 Å². The number of nitrogens with one attached hydrogen (secondary N) is 4. The number of nitrogens with zero attached hydrogens (tertiary/aromatic N) is 4. The van der Waals surface area contributed by atoms with E-state index in [-0.39, 0.29) is 54.6 Å². The van der Waals surface area contributed by atoms with Crippen molar-refractivity contribution in [2.24, 2.45) is 0 Å². The maximum absolute atomic E-state index is 10.9. The van der Waals surface area contributed by atoms with Gasteiger partial charge in [-0.05, 0) is 14.1 Å². The van der Waals surface area contributed by atoms with Crippen molar-refractivity contribution >= 4 is 23.6 Å². The molecule has 0 aromatic carbocycles. The van der Waals surface area contributed by atoms with Crippen LogP contribution in [-0.2, 0) is 19.2 Å². The number of hydrogen-bond donors (Lipinski definition) is 5. The Morgan fingerprint density at radius 2 is 1.20 bits per heavy atom. The first-order valence-corrected chi connectivity index (χ1v) is 11.4. The van der Waals surface area contributed by atoms with E-state index in [1.807, 2.05) is 38.0 Å². The average Bonchev–Trinajstić information content (AvgIpc) is 2.82. The number of carbonyl (C=O) groups excluding carboxylic acids is 4. The summed E-state index contributed by atoms with van der Waals surface area (Å²) in [5, 5.41) is 18.3. The molecule has 4 rings (SSSR count). The third kappa shape index (κ3) is 18.6. The van der Waals surface area contributed by atoms with E-state index in [0.717, 1.165) is 59.5 Å². The summed E-state index contributed by atoms with van der Waals surface area (Å²) in [5.74, 6) is 0.657. The molecule has 0 aliphatic carbocycles. The number of hydrogen-bond acceptors (Lipinski definition) is 9. The summed E-state index contributed by atoms with van der Waals surface area (Å²) in [4.78, 5) is 49.9. The number of aliphatic hydroxyl groups is 1. The molecular weight excluding hydrogens is 467 g/mol. The fourth-order valence-corrected chi connectivity index (χ4v) is 2.90. The van der Waals surface area contributed by atoms with E-state index in [0.29, 0.717) is 26.2 Å². The van der Waals surface area contributed by atoms with Gasteiger partial charge in [-0.2, -0.15) is 0 Å². The molecule has 0 radical (unpaired) electrons. The molecule has 0 bridgehead atoms. The first kappa shape index (κ1) is 35.8. The van der Waals surface area contributed by atoms with Crippen molar-refractivity contribution in [3.63, 3.8) is 0 Å². The minimum atomic E-state index is 0. The third-order valence-electron chi connectivity index (χ3n) is 5.11. The van der Waals surface area contributed by atoms with Gasteiger partial charge in [-0.25, -0.2) is 0 Å². The molecule has 14 heteroatoms. The van der Waals surface area contributed by atoms with Crippen LogP contribution >= 0.6 is 0 Å². The topological polar surface area (TPSA) is 150 Å². The van der Waals surface area contributed by atoms with Crippen molar-refractivity contribution in [2.75, 3.05) is 114 Å². The van der Waals surface area contributed by atoms with Crippen LogP contribution in [-0.4, -0.2) is 162 Å². The summed E-state index contributed by atoms with van der Waals surface area (Å²) >= 11 is 0. The summed E-state index contributed by atoms with van der Waals surface area (Å²) in [5.41, 5.74) is 0. The van der Waals surface area contributed by atoms with Crippen LogP contribution in [0.3, 0.4) is 0 Å². The van der Waals surface area contributed by atoms with E-state index >= 15 is 0 Å². The fourth-order valence-electron chi connectivity index (χ4n) is 2.90. The van der Waals surface area contributed by atoms with Crippen LogP contribution in [0.25, 0.3) is 0 Å². The van der Waals surface area contributed by atoms with Gasteiger partial charge in [-0.15, -0.1) is 0 Å². The molecule has 4 heterocycles. The number of aliphatic hydroxyl groups excluding tert-OH is 1. The largest absolute Gasteiger partial charge is 1.00 e. The molecule has 0 aromatic heterocycles. The fraction of sp³-hybridized carbons (Fsp3) is 0.810. The van der Waals surface area contributed by atoms with Gasteiger partial charge in [0.05, 0.1) is 26.2 Å². The van der Waals surface area contributed by atoms with Crippen LogP contribution in [0.1, 0.15) is 1.43 Å². The molecular formula is C21H45N8NaO5. The van der Waals surface area contributed by atoms with E-state index in [1.54, 1.807) is 9.80 Å². The second kappa shape index (κ2) is 21.9. The molecule has 200 valence electrons. The number of rotatable bonds is 0. The maximum Gasteiger partial charge on any atom is 1.00 e. The molecule has 4 amide bonds. The van der Waals surface area contributed by atoms with E-state index in [4.69, 9.17) is 5.11 Å². The van der Waals surface area contributed by atoms with Crippen molar-refractivity contribution < 1.29 is 55.3 Å². The van der Waals surface area contributed by atoms with Gasteiger partial charge < -0.3 is 37.6 Å². The van der Waals surface area contributed by atoms with E-state index in [2.05, 4.69) is 21.3 Å². The van der Waals surface area contributed by atoms with Gasteiger partial charge in [-0.3, -0.25) is 29.0 Å². The van der Waals surface area contributed by atoms with Crippen LogP contribution < -0.4 is 50.8 Å². The second-order valence-electron chi connectivity index (χ2n) is 8.16. The predicted octanol–water partition coefficient (Wildman–Crippen LogP) is -7.08. The van der Waals surface area contributed by atoms with Crippen molar-refractivity contribution in [2.45, 2.75) is 0 Å². The summed E-state index contributed by atoms with van der Waals surface area (Å²) < 4.78 is 0. The molecule has 13 nitrogen and oxygen atoms in total. The smallest absolute Gasteiger partial charge is 1.00 e. The first-order valence-electron chi connectivity index (χ1n) is 11.4. The van der Waals surface area contributed by atoms with Gasteiger partial charge in [0.15, 0.2) is 0 Å². The number of likely N-dealkylation sites (N-methyl/N-ethyl adjacent to an activating group) is 4. The number of piperazine rings is 4. The number of carbonyl (C=O) groups is 4. The van der Waals surface area contributed by atoms with Crippen LogP contribution in [0, 0.1) is 0 Å². The molecule has 4 aliphatic heterocycles. The SMILES string of the molecule is CN1CCN(C)C(=O)C1.CN1CCNC(=O)C1.CN1CCNCC1=O.CO.O=C1CNCCN1.[H-].[Na+]. The van der Waals surface area contributed by atoms with Gasteiger partial charge >= 0.3 is 29.6 Å². The minimum Gasteiger partial charge on any atom is -1.00 e. The van der Waals surface area contributed by atoms with Crippen LogP contribution in [0.4, 0.5) is 0 Å². The molecule has 0 saturated carbocycles. The van der Waals surface area contributed by atoms with E-state index in [9.17, 15) is 19.2 Å². The van der Waals surface area contributed by atoms with Crippen molar-refractivity contribution in [3.05, 3.63) is 0 Å². The summed E-state index contributed by atoms with van der Waals surface area (Å²) in [6.07, 6.45) is 0. The van der Waals surface area contributed by atoms with E-state index in [1.165, 1.54) is 0 Å². The molecule has 5 N–H and O–H groups in total. The molecule has 35 heavy (non-hydrogen) atoms. The quantitative estimate of drug-likeness (QED) is 0.200. The average molecular weight is 513 g/mol. The maximum atomic E-state index is 10.9. The van der Waals surface area contributed by atoms with Crippen molar-refractivity contribution in [1.82, 2.24) is 40.9 Å². The van der Waals surface area contributed by atoms with Crippen molar-refractivity contribution in [1.29, 1.82) is 0 Å². The number of amides is 4. The molecule has 4 saturated heterocycles. The van der Waals surface area contributed by atoms with Gasteiger partial charge in [0.25, 0.3) is 0 Å². The van der Waals surface area contributed by atoms with Gasteiger partial charge in [0.2, 0.25) is 23.6 Å².